The standard InChI is InChI=1S/C12H21BrN2O/c1-3-5-6-7-8-11(16)12-10(13)9-14-15(12)4-2/h9,11,16H,3-8H2,1-2H3. The summed E-state index contributed by atoms with van der Waals surface area (Å²) in [5, 5.41) is 14.3. The third-order valence-corrected chi connectivity index (χ3v) is 3.39. The van der Waals surface area contributed by atoms with Crippen LogP contribution in [-0.4, -0.2) is 14.9 Å². The fourth-order valence-corrected chi connectivity index (χ4v) is 2.42. The van der Waals surface area contributed by atoms with Crippen LogP contribution in [0.5, 0.6) is 0 Å². The molecule has 3 nitrogen and oxygen atoms in total. The highest BCUT2D eigenvalue weighted by Gasteiger charge is 2.16. The lowest BCUT2D eigenvalue weighted by Gasteiger charge is -2.13. The molecule has 1 aromatic rings. The Morgan fingerprint density at radius 1 is 1.38 bits per heavy atom. The second-order valence-corrected chi connectivity index (χ2v) is 4.91. The van der Waals surface area contributed by atoms with Crippen molar-refractivity contribution in [3.8, 4) is 0 Å². The summed E-state index contributed by atoms with van der Waals surface area (Å²) < 4.78 is 2.77. The average molecular weight is 289 g/mol. The fourth-order valence-electron chi connectivity index (χ4n) is 1.86. The van der Waals surface area contributed by atoms with Crippen LogP contribution in [0, 0.1) is 0 Å². The maximum absolute atomic E-state index is 10.1. The Kier molecular flexibility index (Phi) is 6.06. The molecule has 0 spiro atoms. The lowest BCUT2D eigenvalue weighted by Crippen LogP contribution is -2.08. The van der Waals surface area contributed by atoms with Crippen molar-refractivity contribution in [2.24, 2.45) is 0 Å². The van der Waals surface area contributed by atoms with Gasteiger partial charge in [0, 0.05) is 6.54 Å². The van der Waals surface area contributed by atoms with Gasteiger partial charge in [-0.3, -0.25) is 4.68 Å². The van der Waals surface area contributed by atoms with Crippen molar-refractivity contribution in [3.05, 3.63) is 16.4 Å². The summed E-state index contributed by atoms with van der Waals surface area (Å²) in [7, 11) is 0. The van der Waals surface area contributed by atoms with E-state index >= 15 is 0 Å². The maximum Gasteiger partial charge on any atom is 0.0968 e. The van der Waals surface area contributed by atoms with Crippen LogP contribution in [0.4, 0.5) is 0 Å². The van der Waals surface area contributed by atoms with E-state index in [2.05, 4.69) is 28.0 Å². The first-order chi connectivity index (χ1) is 7.70. The van der Waals surface area contributed by atoms with Gasteiger partial charge in [0.2, 0.25) is 0 Å². The van der Waals surface area contributed by atoms with Gasteiger partial charge in [-0.25, -0.2) is 0 Å². The van der Waals surface area contributed by atoms with E-state index in [0.29, 0.717) is 0 Å². The molecule has 16 heavy (non-hydrogen) atoms. The molecule has 0 aliphatic carbocycles. The largest absolute Gasteiger partial charge is 0.387 e. The predicted molar refractivity (Wildman–Crippen MR) is 69.3 cm³/mol. The molecule has 0 radical (unpaired) electrons. The minimum absolute atomic E-state index is 0.395. The van der Waals surface area contributed by atoms with Gasteiger partial charge in [-0.15, -0.1) is 0 Å². The Morgan fingerprint density at radius 3 is 2.75 bits per heavy atom. The SMILES string of the molecule is CCCCCCC(O)c1c(Br)cnn1CC. The van der Waals surface area contributed by atoms with Gasteiger partial charge in [0.25, 0.3) is 0 Å². The summed E-state index contributed by atoms with van der Waals surface area (Å²) in [4.78, 5) is 0. The molecule has 0 amide bonds. The first-order valence-corrected chi connectivity index (χ1v) is 6.89. The van der Waals surface area contributed by atoms with Gasteiger partial charge >= 0.3 is 0 Å². The van der Waals surface area contributed by atoms with Crippen LogP contribution in [0.2, 0.25) is 0 Å². The molecule has 92 valence electrons. The molecule has 0 fully saturated rings. The number of aliphatic hydroxyl groups is 1. The van der Waals surface area contributed by atoms with E-state index in [4.69, 9.17) is 0 Å². The van der Waals surface area contributed by atoms with Gasteiger partial charge < -0.3 is 5.11 Å². The van der Waals surface area contributed by atoms with Crippen LogP contribution in [0.1, 0.15) is 57.7 Å². The van der Waals surface area contributed by atoms with Crippen molar-refractivity contribution in [3.63, 3.8) is 0 Å². The molecule has 1 N–H and O–H groups in total. The van der Waals surface area contributed by atoms with Crippen LogP contribution in [-0.2, 0) is 6.54 Å². The summed E-state index contributed by atoms with van der Waals surface area (Å²) in [5.74, 6) is 0. The molecular weight excluding hydrogens is 268 g/mol. The number of rotatable bonds is 7. The minimum atomic E-state index is -0.395. The highest BCUT2D eigenvalue weighted by Crippen LogP contribution is 2.27. The first kappa shape index (κ1) is 13.7. The minimum Gasteiger partial charge on any atom is -0.387 e. The van der Waals surface area contributed by atoms with Crippen LogP contribution >= 0.6 is 15.9 Å². The van der Waals surface area contributed by atoms with Gasteiger partial charge in [-0.05, 0) is 29.3 Å². The quantitative estimate of drug-likeness (QED) is 0.778. The Hall–Kier alpha value is -0.350. The van der Waals surface area contributed by atoms with Gasteiger partial charge in [-0.1, -0.05) is 32.6 Å². The third-order valence-electron chi connectivity index (χ3n) is 2.78. The highest BCUT2D eigenvalue weighted by atomic mass is 79.9. The van der Waals surface area contributed by atoms with E-state index in [-0.39, 0.29) is 0 Å². The van der Waals surface area contributed by atoms with E-state index in [1.807, 2.05) is 11.6 Å². The lowest BCUT2D eigenvalue weighted by molar-refractivity contribution is 0.152. The molecule has 1 unspecified atom stereocenters. The molecular formula is C12H21BrN2O. The number of hydrogen-bond donors (Lipinski definition) is 1. The number of halogens is 1. The first-order valence-electron chi connectivity index (χ1n) is 6.10. The number of hydrogen-bond acceptors (Lipinski definition) is 2. The van der Waals surface area contributed by atoms with Crippen molar-refractivity contribution in [2.75, 3.05) is 0 Å². The molecule has 1 atom stereocenters. The number of unbranched alkanes of at least 4 members (excludes halogenated alkanes) is 3. The average Bonchev–Trinajstić information content (AvgIpc) is 2.65. The van der Waals surface area contributed by atoms with Gasteiger partial charge in [0.15, 0.2) is 0 Å². The zero-order valence-electron chi connectivity index (χ0n) is 10.1. The maximum atomic E-state index is 10.1. The third kappa shape index (κ3) is 3.59. The van der Waals surface area contributed by atoms with Crippen LogP contribution in [0.25, 0.3) is 0 Å². The Balaban J connectivity index is 2.51. The molecule has 0 aliphatic heterocycles. The molecule has 1 heterocycles. The van der Waals surface area contributed by atoms with Crippen molar-refractivity contribution in [1.29, 1.82) is 0 Å². The summed E-state index contributed by atoms with van der Waals surface area (Å²) in [5.41, 5.74) is 0.916. The topological polar surface area (TPSA) is 38.1 Å². The van der Waals surface area contributed by atoms with Crippen LogP contribution in [0.3, 0.4) is 0 Å². The second-order valence-electron chi connectivity index (χ2n) is 4.06. The molecule has 0 aliphatic rings. The van der Waals surface area contributed by atoms with Crippen molar-refractivity contribution in [1.82, 2.24) is 9.78 Å². The summed E-state index contributed by atoms with van der Waals surface area (Å²) in [6.07, 6.45) is 6.95. The Bertz CT molecular complexity index is 312. The van der Waals surface area contributed by atoms with Gasteiger partial charge in [0.1, 0.15) is 0 Å². The Morgan fingerprint density at radius 2 is 2.12 bits per heavy atom. The zero-order chi connectivity index (χ0) is 12.0. The molecule has 4 heteroatoms. The monoisotopic (exact) mass is 288 g/mol. The van der Waals surface area contributed by atoms with E-state index in [1.54, 1.807) is 6.20 Å². The number of nitrogens with zero attached hydrogens (tertiary/aromatic N) is 2. The molecule has 0 bridgehead atoms. The molecule has 0 saturated carbocycles. The van der Waals surface area contributed by atoms with E-state index < -0.39 is 6.10 Å². The van der Waals surface area contributed by atoms with Gasteiger partial charge in [-0.2, -0.15) is 5.10 Å². The van der Waals surface area contributed by atoms with E-state index in [1.165, 1.54) is 19.3 Å². The molecule has 1 rings (SSSR count). The summed E-state index contributed by atoms with van der Waals surface area (Å²) >= 11 is 3.44. The molecule has 1 aromatic heterocycles. The zero-order valence-corrected chi connectivity index (χ0v) is 11.7. The summed E-state index contributed by atoms with van der Waals surface area (Å²) in [6.45, 7) is 5.03. The number of aliphatic hydroxyl groups excluding tert-OH is 1. The fraction of sp³-hybridized carbons (Fsp3) is 0.750. The lowest BCUT2D eigenvalue weighted by atomic mass is 10.1. The second kappa shape index (κ2) is 7.07. The van der Waals surface area contributed by atoms with Crippen molar-refractivity contribution < 1.29 is 5.11 Å². The Labute approximate surface area is 106 Å². The normalized spacial score (nSPS) is 13.0. The number of aryl methyl sites for hydroxylation is 1. The molecule has 0 aromatic carbocycles. The smallest absolute Gasteiger partial charge is 0.0968 e. The van der Waals surface area contributed by atoms with Crippen LogP contribution < -0.4 is 0 Å². The van der Waals surface area contributed by atoms with Gasteiger partial charge in [0.05, 0.1) is 22.5 Å². The summed E-state index contributed by atoms with van der Waals surface area (Å²) in [6, 6.07) is 0. The highest BCUT2D eigenvalue weighted by molar-refractivity contribution is 9.10. The van der Waals surface area contributed by atoms with Crippen molar-refractivity contribution in [2.45, 2.75) is 58.6 Å². The molecule has 0 saturated heterocycles. The van der Waals surface area contributed by atoms with E-state index in [9.17, 15) is 5.11 Å². The number of aromatic nitrogens is 2. The predicted octanol–water partition coefficient (Wildman–Crippen LogP) is 3.67. The van der Waals surface area contributed by atoms with Crippen LogP contribution in [0.15, 0.2) is 10.7 Å². The van der Waals surface area contributed by atoms with Crippen molar-refractivity contribution >= 4 is 15.9 Å². The van der Waals surface area contributed by atoms with E-state index in [0.717, 1.165) is 29.6 Å².